The third kappa shape index (κ3) is 1.79. The highest BCUT2D eigenvalue weighted by Crippen LogP contribution is 2.48. The van der Waals surface area contributed by atoms with E-state index in [0.717, 1.165) is 0 Å². The van der Waals surface area contributed by atoms with Crippen LogP contribution in [0.2, 0.25) is 0 Å². The molecule has 1 aromatic carbocycles. The van der Waals surface area contributed by atoms with Crippen LogP contribution in [0, 0.1) is 10.1 Å². The number of methoxy groups -OCH3 is 3. The molecule has 88 valence electrons. The smallest absolute Gasteiger partial charge is 0.356 e. The average molecular weight is 229 g/mol. The van der Waals surface area contributed by atoms with E-state index >= 15 is 0 Å². The minimum atomic E-state index is -0.754. The predicted octanol–water partition coefficient (Wildman–Crippen LogP) is 1.33. The van der Waals surface area contributed by atoms with Gasteiger partial charge in [-0.2, -0.15) is 0 Å². The molecule has 0 aliphatic heterocycles. The number of benzene rings is 1. The van der Waals surface area contributed by atoms with E-state index in [1.165, 1.54) is 27.4 Å². The van der Waals surface area contributed by atoms with E-state index in [9.17, 15) is 15.2 Å². The zero-order chi connectivity index (χ0) is 12.3. The van der Waals surface area contributed by atoms with Crippen LogP contribution in [0.3, 0.4) is 0 Å². The van der Waals surface area contributed by atoms with Crippen LogP contribution < -0.4 is 14.2 Å². The van der Waals surface area contributed by atoms with Crippen molar-refractivity contribution in [1.82, 2.24) is 0 Å². The summed E-state index contributed by atoms with van der Waals surface area (Å²) in [6, 6.07) is 1.27. The van der Waals surface area contributed by atoms with Gasteiger partial charge in [0.2, 0.25) is 17.2 Å². The number of phenolic OH excluding ortho intramolecular Hbond substituents is 1. The summed E-state index contributed by atoms with van der Waals surface area (Å²) in [5.41, 5.74) is -0.555. The van der Waals surface area contributed by atoms with Crippen LogP contribution in [0.25, 0.3) is 0 Å². The lowest BCUT2D eigenvalue weighted by molar-refractivity contribution is -0.386. The number of hydrogen-bond acceptors (Lipinski definition) is 6. The Morgan fingerprint density at radius 2 is 1.75 bits per heavy atom. The van der Waals surface area contributed by atoms with Gasteiger partial charge < -0.3 is 19.3 Å². The molecule has 0 atom stereocenters. The quantitative estimate of drug-likeness (QED) is 0.618. The van der Waals surface area contributed by atoms with Crippen molar-refractivity contribution >= 4 is 5.69 Å². The molecule has 0 heterocycles. The molecule has 0 radical (unpaired) electrons. The van der Waals surface area contributed by atoms with Crippen LogP contribution in [0.5, 0.6) is 23.0 Å². The van der Waals surface area contributed by atoms with Gasteiger partial charge in [0, 0.05) is 6.07 Å². The maximum absolute atomic E-state index is 10.7. The maximum Gasteiger partial charge on any atom is 0.356 e. The standard InChI is InChI=1S/C9H11NO6/c1-14-5-4-6(15-2)9(16-3)8(11)7(5)10(12)13/h4,11H,1-3H3. The van der Waals surface area contributed by atoms with Gasteiger partial charge in [-0.1, -0.05) is 0 Å². The summed E-state index contributed by atoms with van der Waals surface area (Å²) in [5, 5.41) is 20.4. The zero-order valence-electron chi connectivity index (χ0n) is 9.01. The molecule has 1 N–H and O–H groups in total. The molecule has 0 bridgehead atoms. The molecule has 0 aliphatic carbocycles. The SMILES string of the molecule is COc1cc(OC)c([N+](=O)[O-])c(O)c1OC. The molecule has 7 heteroatoms. The van der Waals surface area contributed by atoms with E-state index in [2.05, 4.69) is 0 Å². The summed E-state index contributed by atoms with van der Waals surface area (Å²) in [7, 11) is 3.88. The zero-order valence-corrected chi connectivity index (χ0v) is 9.01. The molecule has 7 nitrogen and oxygen atoms in total. The topological polar surface area (TPSA) is 91.1 Å². The molecule has 1 rings (SSSR count). The normalized spacial score (nSPS) is 9.69. The van der Waals surface area contributed by atoms with E-state index in [-0.39, 0.29) is 17.2 Å². The first-order valence-electron chi connectivity index (χ1n) is 4.23. The average Bonchev–Trinajstić information content (AvgIpc) is 2.26. The van der Waals surface area contributed by atoms with Gasteiger partial charge in [-0.3, -0.25) is 10.1 Å². The number of ether oxygens (including phenoxy) is 3. The molecule has 0 spiro atoms. The number of rotatable bonds is 4. The van der Waals surface area contributed by atoms with Crippen molar-refractivity contribution in [2.75, 3.05) is 21.3 Å². The third-order valence-corrected chi connectivity index (χ3v) is 1.99. The Morgan fingerprint density at radius 3 is 2.12 bits per heavy atom. The van der Waals surface area contributed by atoms with Crippen molar-refractivity contribution in [2.24, 2.45) is 0 Å². The van der Waals surface area contributed by atoms with E-state index in [0.29, 0.717) is 0 Å². The third-order valence-electron chi connectivity index (χ3n) is 1.99. The van der Waals surface area contributed by atoms with Crippen LogP contribution >= 0.6 is 0 Å². The number of nitro benzene ring substituents is 1. The lowest BCUT2D eigenvalue weighted by atomic mass is 10.2. The van der Waals surface area contributed by atoms with Gasteiger partial charge in [0.25, 0.3) is 0 Å². The summed E-state index contributed by atoms with van der Waals surface area (Å²) in [5.74, 6) is -0.665. The van der Waals surface area contributed by atoms with Crippen molar-refractivity contribution in [3.63, 3.8) is 0 Å². The van der Waals surface area contributed by atoms with Crippen molar-refractivity contribution in [3.05, 3.63) is 16.2 Å². The first-order valence-corrected chi connectivity index (χ1v) is 4.23. The van der Waals surface area contributed by atoms with Crippen LogP contribution in [0.15, 0.2) is 6.07 Å². The van der Waals surface area contributed by atoms with Crippen LogP contribution in [0.4, 0.5) is 5.69 Å². The van der Waals surface area contributed by atoms with E-state index < -0.39 is 16.4 Å². The molecule has 0 aliphatic rings. The summed E-state index contributed by atoms with van der Waals surface area (Å²) in [4.78, 5) is 9.98. The minimum Gasteiger partial charge on any atom is -0.499 e. The van der Waals surface area contributed by atoms with Gasteiger partial charge in [0.05, 0.1) is 26.3 Å². The number of phenols is 1. The van der Waals surface area contributed by atoms with Gasteiger partial charge in [0.1, 0.15) is 0 Å². The second kappa shape index (κ2) is 4.56. The first-order chi connectivity index (χ1) is 7.56. The summed E-state index contributed by atoms with van der Waals surface area (Å²) >= 11 is 0. The van der Waals surface area contributed by atoms with Crippen molar-refractivity contribution < 1.29 is 24.2 Å². The van der Waals surface area contributed by atoms with Crippen molar-refractivity contribution in [2.45, 2.75) is 0 Å². The Balaban J connectivity index is 3.55. The van der Waals surface area contributed by atoms with E-state index in [1.54, 1.807) is 0 Å². The van der Waals surface area contributed by atoms with Gasteiger partial charge >= 0.3 is 5.69 Å². The Hall–Kier alpha value is -2.18. The fourth-order valence-corrected chi connectivity index (χ4v) is 1.27. The highest BCUT2D eigenvalue weighted by molar-refractivity contribution is 5.68. The van der Waals surface area contributed by atoms with Gasteiger partial charge in [-0.25, -0.2) is 0 Å². The lowest BCUT2D eigenvalue weighted by Crippen LogP contribution is -1.98. The van der Waals surface area contributed by atoms with Crippen molar-refractivity contribution in [3.8, 4) is 23.0 Å². The Morgan fingerprint density at radius 1 is 1.19 bits per heavy atom. The van der Waals surface area contributed by atoms with Gasteiger partial charge in [-0.05, 0) is 0 Å². The highest BCUT2D eigenvalue weighted by Gasteiger charge is 2.28. The Kier molecular flexibility index (Phi) is 3.39. The van der Waals surface area contributed by atoms with E-state index in [1.807, 2.05) is 0 Å². The second-order valence-electron chi connectivity index (χ2n) is 2.77. The summed E-state index contributed by atoms with van der Waals surface area (Å²) in [6.45, 7) is 0. The summed E-state index contributed by atoms with van der Waals surface area (Å²) in [6.07, 6.45) is 0. The molecule has 0 saturated heterocycles. The first kappa shape index (κ1) is 11.9. The van der Waals surface area contributed by atoms with Crippen LogP contribution in [0.1, 0.15) is 0 Å². The molecular formula is C9H11NO6. The fourth-order valence-electron chi connectivity index (χ4n) is 1.27. The number of nitro groups is 1. The minimum absolute atomic E-state index is 0.0971. The van der Waals surface area contributed by atoms with Crippen LogP contribution in [-0.4, -0.2) is 31.4 Å². The van der Waals surface area contributed by atoms with Crippen LogP contribution in [-0.2, 0) is 0 Å². The summed E-state index contributed by atoms with van der Waals surface area (Å²) < 4.78 is 14.5. The second-order valence-corrected chi connectivity index (χ2v) is 2.77. The molecule has 0 saturated carbocycles. The Bertz CT molecular complexity index is 417. The number of aromatic hydroxyl groups is 1. The fraction of sp³-hybridized carbons (Fsp3) is 0.333. The highest BCUT2D eigenvalue weighted by atomic mass is 16.6. The lowest BCUT2D eigenvalue weighted by Gasteiger charge is -2.11. The predicted molar refractivity (Wildman–Crippen MR) is 54.4 cm³/mol. The monoisotopic (exact) mass is 229 g/mol. The van der Waals surface area contributed by atoms with Gasteiger partial charge in [-0.15, -0.1) is 0 Å². The van der Waals surface area contributed by atoms with Gasteiger partial charge in [0.15, 0.2) is 5.75 Å². The molecule has 0 unspecified atom stereocenters. The molecular weight excluding hydrogens is 218 g/mol. The molecule has 0 aromatic heterocycles. The largest absolute Gasteiger partial charge is 0.499 e. The Labute approximate surface area is 91.3 Å². The molecule has 0 amide bonds. The molecule has 1 aromatic rings. The number of hydrogen-bond donors (Lipinski definition) is 1. The maximum atomic E-state index is 10.7. The van der Waals surface area contributed by atoms with E-state index in [4.69, 9.17) is 14.2 Å². The van der Waals surface area contributed by atoms with Crippen molar-refractivity contribution in [1.29, 1.82) is 0 Å². The molecule has 16 heavy (non-hydrogen) atoms. The number of nitrogens with zero attached hydrogens (tertiary/aromatic N) is 1. The molecule has 0 fully saturated rings.